The van der Waals surface area contributed by atoms with E-state index in [9.17, 15) is 0 Å². The maximum atomic E-state index is 4.26. The second kappa shape index (κ2) is 6.37. The van der Waals surface area contributed by atoms with Gasteiger partial charge in [-0.1, -0.05) is 46.3 Å². The highest BCUT2D eigenvalue weighted by Gasteiger charge is 2.23. The molecule has 0 saturated carbocycles. The molecule has 0 bridgehead atoms. The molecular weight excluding hydrogens is 342 g/mol. The maximum absolute atomic E-state index is 4.26. The number of hydrogen-bond acceptors (Lipinski definition) is 4. The highest BCUT2D eigenvalue weighted by Crippen LogP contribution is 2.26. The second-order valence-electron chi connectivity index (χ2n) is 5.20. The van der Waals surface area contributed by atoms with Crippen LogP contribution < -0.4 is 0 Å². The lowest BCUT2D eigenvalue weighted by Gasteiger charge is -2.23. The molecule has 1 heterocycles. The van der Waals surface area contributed by atoms with Gasteiger partial charge in [0.25, 0.3) is 0 Å². The van der Waals surface area contributed by atoms with Crippen molar-refractivity contribution in [3.05, 3.63) is 70.5 Å². The first-order valence-corrected chi connectivity index (χ1v) is 7.71. The summed E-state index contributed by atoms with van der Waals surface area (Å²) in [4.78, 5) is 2.11. The van der Waals surface area contributed by atoms with Crippen LogP contribution in [0.15, 0.2) is 59.1 Å². The molecule has 0 radical (unpaired) electrons. The molecule has 0 amide bonds. The van der Waals surface area contributed by atoms with Gasteiger partial charge in [0.15, 0.2) is 5.82 Å². The molecule has 3 aromatic rings. The van der Waals surface area contributed by atoms with Crippen molar-refractivity contribution in [2.75, 3.05) is 14.1 Å². The molecule has 6 heteroatoms. The smallest absolute Gasteiger partial charge is 0.178 e. The first-order valence-electron chi connectivity index (χ1n) is 6.92. The van der Waals surface area contributed by atoms with E-state index < -0.39 is 0 Å². The van der Waals surface area contributed by atoms with Crippen LogP contribution >= 0.6 is 15.9 Å². The molecule has 0 saturated heterocycles. The molecule has 0 aliphatic carbocycles. The van der Waals surface area contributed by atoms with Gasteiger partial charge in [-0.2, -0.15) is 4.68 Å². The lowest BCUT2D eigenvalue weighted by Crippen LogP contribution is -2.24. The first kappa shape index (κ1) is 14.9. The number of tetrazole rings is 1. The van der Waals surface area contributed by atoms with Crippen LogP contribution in [-0.2, 0) is 0 Å². The van der Waals surface area contributed by atoms with Crippen molar-refractivity contribution >= 4 is 15.9 Å². The topological polar surface area (TPSA) is 46.8 Å². The van der Waals surface area contributed by atoms with E-state index in [1.54, 1.807) is 4.68 Å². The van der Waals surface area contributed by atoms with E-state index in [1.165, 1.54) is 0 Å². The monoisotopic (exact) mass is 357 g/mol. The standard InChI is InChI=1S/C16H16BrN5/c1-21(2)15(12-6-4-3-5-7-12)16-18-19-20-22(16)14-10-8-13(17)9-11-14/h3-11,15H,1-2H3/t15-/m0/s1. The number of aromatic nitrogens is 4. The van der Waals surface area contributed by atoms with E-state index in [0.29, 0.717) is 0 Å². The second-order valence-corrected chi connectivity index (χ2v) is 6.12. The summed E-state index contributed by atoms with van der Waals surface area (Å²) in [5.41, 5.74) is 2.09. The molecule has 112 valence electrons. The van der Waals surface area contributed by atoms with E-state index in [2.05, 4.69) is 48.5 Å². The Bertz CT molecular complexity index is 737. The van der Waals surface area contributed by atoms with Crippen molar-refractivity contribution in [1.82, 2.24) is 25.1 Å². The molecule has 1 aromatic heterocycles. The van der Waals surface area contributed by atoms with Crippen LogP contribution in [0.3, 0.4) is 0 Å². The minimum atomic E-state index is -0.0140. The zero-order valence-corrected chi connectivity index (χ0v) is 14.0. The molecule has 5 nitrogen and oxygen atoms in total. The van der Waals surface area contributed by atoms with Gasteiger partial charge in [-0.25, -0.2) is 0 Å². The Labute approximate surface area is 137 Å². The van der Waals surface area contributed by atoms with Gasteiger partial charge < -0.3 is 0 Å². The summed E-state index contributed by atoms with van der Waals surface area (Å²) < 4.78 is 2.81. The van der Waals surface area contributed by atoms with E-state index in [0.717, 1.165) is 21.5 Å². The molecular formula is C16H16BrN5. The summed E-state index contributed by atoms with van der Waals surface area (Å²) in [6.07, 6.45) is 0. The summed E-state index contributed by atoms with van der Waals surface area (Å²) in [6.45, 7) is 0. The Morgan fingerprint density at radius 2 is 1.68 bits per heavy atom. The number of halogens is 1. The average Bonchev–Trinajstić information content (AvgIpc) is 2.98. The number of hydrogen-bond donors (Lipinski definition) is 0. The number of nitrogens with zero attached hydrogens (tertiary/aromatic N) is 5. The van der Waals surface area contributed by atoms with Crippen molar-refractivity contribution in [3.63, 3.8) is 0 Å². The third kappa shape index (κ3) is 2.93. The van der Waals surface area contributed by atoms with E-state index in [4.69, 9.17) is 0 Å². The molecule has 3 rings (SSSR count). The third-order valence-electron chi connectivity index (χ3n) is 3.44. The number of rotatable bonds is 4. The fourth-order valence-corrected chi connectivity index (χ4v) is 2.71. The Balaban J connectivity index is 2.07. The van der Waals surface area contributed by atoms with Crippen molar-refractivity contribution in [2.24, 2.45) is 0 Å². The van der Waals surface area contributed by atoms with Crippen LogP contribution in [0.2, 0.25) is 0 Å². The highest BCUT2D eigenvalue weighted by molar-refractivity contribution is 9.10. The van der Waals surface area contributed by atoms with Gasteiger partial charge in [0.2, 0.25) is 0 Å². The van der Waals surface area contributed by atoms with Crippen LogP contribution in [0.1, 0.15) is 17.4 Å². The molecule has 1 atom stereocenters. The lowest BCUT2D eigenvalue weighted by atomic mass is 10.1. The average molecular weight is 358 g/mol. The van der Waals surface area contributed by atoms with Gasteiger partial charge in [0.1, 0.15) is 0 Å². The minimum Gasteiger partial charge on any atom is -0.296 e. The summed E-state index contributed by atoms with van der Waals surface area (Å²) in [6, 6.07) is 18.2. The van der Waals surface area contributed by atoms with Gasteiger partial charge in [-0.15, -0.1) is 5.10 Å². The summed E-state index contributed by atoms with van der Waals surface area (Å²) >= 11 is 3.45. The van der Waals surface area contributed by atoms with Crippen LogP contribution in [0, 0.1) is 0 Å². The SMILES string of the molecule is CN(C)[C@@H](c1ccccc1)c1nnnn1-c1ccc(Br)cc1. The van der Waals surface area contributed by atoms with Crippen LogP contribution in [0.4, 0.5) is 0 Å². The Morgan fingerprint density at radius 3 is 2.32 bits per heavy atom. The number of benzene rings is 2. The predicted molar refractivity (Wildman–Crippen MR) is 88.8 cm³/mol. The van der Waals surface area contributed by atoms with E-state index >= 15 is 0 Å². The van der Waals surface area contributed by atoms with Crippen molar-refractivity contribution in [1.29, 1.82) is 0 Å². The highest BCUT2D eigenvalue weighted by atomic mass is 79.9. The van der Waals surface area contributed by atoms with Crippen molar-refractivity contribution in [2.45, 2.75) is 6.04 Å². The van der Waals surface area contributed by atoms with Gasteiger partial charge >= 0.3 is 0 Å². The van der Waals surface area contributed by atoms with Crippen LogP contribution in [0.25, 0.3) is 5.69 Å². The maximum Gasteiger partial charge on any atom is 0.178 e. The van der Waals surface area contributed by atoms with E-state index in [-0.39, 0.29) is 6.04 Å². The Kier molecular flexibility index (Phi) is 4.31. The zero-order valence-electron chi connectivity index (χ0n) is 12.4. The third-order valence-corrected chi connectivity index (χ3v) is 3.97. The van der Waals surface area contributed by atoms with E-state index in [1.807, 2.05) is 56.6 Å². The molecule has 0 aliphatic rings. The van der Waals surface area contributed by atoms with Gasteiger partial charge in [-0.05, 0) is 54.4 Å². The molecule has 0 unspecified atom stereocenters. The Hall–Kier alpha value is -2.05. The predicted octanol–water partition coefficient (Wildman–Crippen LogP) is 3.08. The summed E-state index contributed by atoms with van der Waals surface area (Å²) in [5.74, 6) is 0.790. The fraction of sp³-hybridized carbons (Fsp3) is 0.188. The zero-order chi connectivity index (χ0) is 15.5. The largest absolute Gasteiger partial charge is 0.296 e. The van der Waals surface area contributed by atoms with Crippen LogP contribution in [0.5, 0.6) is 0 Å². The van der Waals surface area contributed by atoms with Gasteiger partial charge in [0.05, 0.1) is 11.7 Å². The molecule has 0 spiro atoms. The van der Waals surface area contributed by atoms with Gasteiger partial charge in [0, 0.05) is 4.47 Å². The minimum absolute atomic E-state index is 0.0140. The van der Waals surface area contributed by atoms with Crippen molar-refractivity contribution in [3.8, 4) is 5.69 Å². The van der Waals surface area contributed by atoms with Gasteiger partial charge in [-0.3, -0.25) is 4.90 Å². The molecule has 0 aliphatic heterocycles. The molecule has 22 heavy (non-hydrogen) atoms. The first-order chi connectivity index (χ1) is 10.7. The normalized spacial score (nSPS) is 12.5. The van der Waals surface area contributed by atoms with Crippen LogP contribution in [-0.4, -0.2) is 39.2 Å². The summed E-state index contributed by atoms with van der Waals surface area (Å²) in [5, 5.41) is 12.3. The Morgan fingerprint density at radius 1 is 1.00 bits per heavy atom. The summed E-state index contributed by atoms with van der Waals surface area (Å²) in [7, 11) is 4.05. The molecule has 2 aromatic carbocycles. The van der Waals surface area contributed by atoms with Crippen molar-refractivity contribution < 1.29 is 0 Å². The molecule has 0 fully saturated rings. The fourth-order valence-electron chi connectivity index (χ4n) is 2.44. The lowest BCUT2D eigenvalue weighted by molar-refractivity contribution is 0.325. The molecule has 0 N–H and O–H groups in total. The quantitative estimate of drug-likeness (QED) is 0.719.